The molecule has 9 heavy (non-hydrogen) atoms. The van der Waals surface area contributed by atoms with Gasteiger partial charge >= 0.3 is 0 Å². The van der Waals surface area contributed by atoms with E-state index in [1.165, 1.54) is 6.92 Å². The number of carbonyl (C=O) groups excluding carboxylic acids is 1. The molecule has 2 atom stereocenters. The van der Waals surface area contributed by atoms with E-state index >= 15 is 0 Å². The molecule has 0 rings (SSSR count). The van der Waals surface area contributed by atoms with Crippen LogP contribution in [0.15, 0.2) is 0 Å². The standard InChI is InChI=1S/C6H13NO2/c1-3-5(9)6(7)4(2)8/h4,6,8H,3,7H2,1-2H3. The lowest BCUT2D eigenvalue weighted by atomic mass is 10.1. The Bertz CT molecular complexity index is 101. The fourth-order valence-corrected chi connectivity index (χ4v) is 0.505. The topological polar surface area (TPSA) is 63.3 Å². The van der Waals surface area contributed by atoms with Crippen molar-refractivity contribution in [1.82, 2.24) is 0 Å². The van der Waals surface area contributed by atoms with E-state index in [1.807, 2.05) is 0 Å². The molecule has 0 saturated carbocycles. The van der Waals surface area contributed by atoms with Gasteiger partial charge in [0.25, 0.3) is 0 Å². The third-order valence-electron chi connectivity index (χ3n) is 1.24. The van der Waals surface area contributed by atoms with Crippen LogP contribution in [0.25, 0.3) is 0 Å². The fourth-order valence-electron chi connectivity index (χ4n) is 0.505. The molecule has 0 aliphatic carbocycles. The van der Waals surface area contributed by atoms with Crippen LogP contribution in [0.1, 0.15) is 20.3 Å². The normalized spacial score (nSPS) is 16.9. The molecule has 0 heterocycles. The van der Waals surface area contributed by atoms with Gasteiger partial charge in [-0.15, -0.1) is 0 Å². The molecule has 54 valence electrons. The molecule has 0 saturated heterocycles. The largest absolute Gasteiger partial charge is 0.391 e. The van der Waals surface area contributed by atoms with Gasteiger partial charge in [0.1, 0.15) is 0 Å². The van der Waals surface area contributed by atoms with Crippen molar-refractivity contribution in [3.05, 3.63) is 0 Å². The Labute approximate surface area is 54.9 Å². The third-order valence-corrected chi connectivity index (χ3v) is 1.24. The fraction of sp³-hybridized carbons (Fsp3) is 0.833. The minimum absolute atomic E-state index is 0.0926. The Balaban J connectivity index is 3.72. The lowest BCUT2D eigenvalue weighted by molar-refractivity contribution is -0.122. The molecule has 0 amide bonds. The van der Waals surface area contributed by atoms with Crippen LogP contribution in [0.4, 0.5) is 0 Å². The molecule has 0 aliphatic heterocycles. The molecule has 0 aliphatic rings. The molecule has 3 nitrogen and oxygen atoms in total. The van der Waals surface area contributed by atoms with Crippen LogP contribution in [0.2, 0.25) is 0 Å². The van der Waals surface area contributed by atoms with Gasteiger partial charge in [0.15, 0.2) is 5.78 Å². The van der Waals surface area contributed by atoms with Gasteiger partial charge in [-0.2, -0.15) is 0 Å². The minimum atomic E-state index is -0.725. The van der Waals surface area contributed by atoms with Crippen LogP contribution >= 0.6 is 0 Å². The zero-order valence-electron chi connectivity index (χ0n) is 5.79. The molecule has 0 spiro atoms. The highest BCUT2D eigenvalue weighted by Crippen LogP contribution is 1.92. The lowest BCUT2D eigenvalue weighted by Crippen LogP contribution is -2.39. The average Bonchev–Trinajstić information content (AvgIpc) is 1.84. The van der Waals surface area contributed by atoms with E-state index in [2.05, 4.69) is 0 Å². The summed E-state index contributed by atoms with van der Waals surface area (Å²) < 4.78 is 0. The van der Waals surface area contributed by atoms with Crippen molar-refractivity contribution < 1.29 is 9.90 Å². The maximum Gasteiger partial charge on any atom is 0.151 e. The number of aliphatic hydroxyl groups is 1. The summed E-state index contributed by atoms with van der Waals surface area (Å²) in [6, 6.07) is -0.699. The van der Waals surface area contributed by atoms with E-state index < -0.39 is 12.1 Å². The Kier molecular flexibility index (Phi) is 3.42. The lowest BCUT2D eigenvalue weighted by Gasteiger charge is -2.10. The van der Waals surface area contributed by atoms with Gasteiger partial charge in [0.2, 0.25) is 0 Å². The third kappa shape index (κ3) is 2.58. The summed E-state index contributed by atoms with van der Waals surface area (Å²) >= 11 is 0. The Hall–Kier alpha value is -0.410. The van der Waals surface area contributed by atoms with Gasteiger partial charge in [-0.05, 0) is 6.92 Å². The Morgan fingerprint density at radius 2 is 2.22 bits per heavy atom. The molecule has 3 heteroatoms. The highest BCUT2D eigenvalue weighted by Gasteiger charge is 2.15. The van der Waals surface area contributed by atoms with Gasteiger partial charge in [0, 0.05) is 6.42 Å². The zero-order valence-corrected chi connectivity index (χ0v) is 5.79. The summed E-state index contributed by atoms with van der Waals surface area (Å²) in [6.45, 7) is 3.24. The summed E-state index contributed by atoms with van der Waals surface area (Å²) in [5.41, 5.74) is 5.27. The van der Waals surface area contributed by atoms with E-state index in [0.717, 1.165) is 0 Å². The number of hydrogen-bond donors (Lipinski definition) is 2. The molecule has 0 aromatic heterocycles. The quantitative estimate of drug-likeness (QED) is 0.551. The van der Waals surface area contributed by atoms with Crippen molar-refractivity contribution in [2.45, 2.75) is 32.4 Å². The first-order chi connectivity index (χ1) is 4.09. The van der Waals surface area contributed by atoms with Gasteiger partial charge in [-0.1, -0.05) is 6.92 Å². The predicted molar refractivity (Wildman–Crippen MR) is 35.0 cm³/mol. The van der Waals surface area contributed by atoms with Crippen LogP contribution in [0.3, 0.4) is 0 Å². The van der Waals surface area contributed by atoms with E-state index in [0.29, 0.717) is 6.42 Å². The number of Topliss-reactive ketones (excluding diaryl/α,β-unsaturated/α-hetero) is 1. The minimum Gasteiger partial charge on any atom is -0.391 e. The van der Waals surface area contributed by atoms with Crippen LogP contribution in [-0.4, -0.2) is 23.0 Å². The SMILES string of the molecule is CCC(=O)C(N)C(C)O. The van der Waals surface area contributed by atoms with Gasteiger partial charge in [0.05, 0.1) is 12.1 Å². The van der Waals surface area contributed by atoms with Crippen molar-refractivity contribution in [3.8, 4) is 0 Å². The molecule has 3 N–H and O–H groups in total. The van der Waals surface area contributed by atoms with Gasteiger partial charge in [-0.3, -0.25) is 4.79 Å². The Morgan fingerprint density at radius 3 is 2.33 bits per heavy atom. The van der Waals surface area contributed by atoms with E-state index in [1.54, 1.807) is 6.92 Å². The summed E-state index contributed by atoms with van der Waals surface area (Å²) in [5, 5.41) is 8.78. The first-order valence-corrected chi connectivity index (χ1v) is 3.06. The smallest absolute Gasteiger partial charge is 0.151 e. The maximum atomic E-state index is 10.7. The molecule has 0 fully saturated rings. The molecule has 2 unspecified atom stereocenters. The Morgan fingerprint density at radius 1 is 1.78 bits per heavy atom. The van der Waals surface area contributed by atoms with Gasteiger partial charge in [-0.25, -0.2) is 0 Å². The number of hydrogen-bond acceptors (Lipinski definition) is 3. The van der Waals surface area contributed by atoms with Gasteiger partial charge < -0.3 is 10.8 Å². The number of ketones is 1. The van der Waals surface area contributed by atoms with Crippen molar-refractivity contribution in [2.24, 2.45) is 5.73 Å². The van der Waals surface area contributed by atoms with Crippen molar-refractivity contribution in [3.63, 3.8) is 0 Å². The summed E-state index contributed by atoms with van der Waals surface area (Å²) in [4.78, 5) is 10.7. The summed E-state index contributed by atoms with van der Waals surface area (Å²) in [5.74, 6) is -0.0926. The van der Waals surface area contributed by atoms with Crippen LogP contribution < -0.4 is 5.73 Å². The highest BCUT2D eigenvalue weighted by molar-refractivity contribution is 5.83. The number of rotatable bonds is 3. The van der Waals surface area contributed by atoms with E-state index in [-0.39, 0.29) is 5.78 Å². The molecule has 0 radical (unpaired) electrons. The zero-order chi connectivity index (χ0) is 7.44. The monoisotopic (exact) mass is 131 g/mol. The van der Waals surface area contributed by atoms with Crippen molar-refractivity contribution in [2.75, 3.05) is 0 Å². The van der Waals surface area contributed by atoms with Crippen LogP contribution in [0, 0.1) is 0 Å². The van der Waals surface area contributed by atoms with Crippen molar-refractivity contribution >= 4 is 5.78 Å². The molecular formula is C6H13NO2. The molecule has 0 aromatic carbocycles. The second-order valence-electron chi connectivity index (χ2n) is 2.09. The second-order valence-corrected chi connectivity index (χ2v) is 2.09. The van der Waals surface area contributed by atoms with Crippen molar-refractivity contribution in [1.29, 1.82) is 0 Å². The maximum absolute atomic E-state index is 10.7. The predicted octanol–water partition coefficient (Wildman–Crippen LogP) is -0.326. The average molecular weight is 131 g/mol. The van der Waals surface area contributed by atoms with E-state index in [4.69, 9.17) is 10.8 Å². The number of aliphatic hydroxyl groups excluding tert-OH is 1. The molecular weight excluding hydrogens is 118 g/mol. The van der Waals surface area contributed by atoms with Crippen LogP contribution in [-0.2, 0) is 4.79 Å². The first-order valence-electron chi connectivity index (χ1n) is 3.06. The molecule has 0 aromatic rings. The van der Waals surface area contributed by atoms with E-state index in [9.17, 15) is 4.79 Å². The second kappa shape index (κ2) is 3.58. The first kappa shape index (κ1) is 8.59. The summed E-state index contributed by atoms with van der Waals surface area (Å²) in [6.07, 6.45) is -0.330. The number of carbonyl (C=O) groups is 1. The van der Waals surface area contributed by atoms with Crippen LogP contribution in [0.5, 0.6) is 0 Å². The number of nitrogens with two attached hydrogens (primary N) is 1. The molecule has 0 bridgehead atoms. The highest BCUT2D eigenvalue weighted by atomic mass is 16.3. The summed E-state index contributed by atoms with van der Waals surface area (Å²) in [7, 11) is 0.